The first-order valence-corrected chi connectivity index (χ1v) is 11.1. The van der Waals surface area contributed by atoms with E-state index in [4.69, 9.17) is 0 Å². The van der Waals surface area contributed by atoms with Gasteiger partial charge in [-0.1, -0.05) is 31.7 Å². The molecule has 0 aromatic carbocycles. The van der Waals surface area contributed by atoms with Crippen LogP contribution in [0.5, 0.6) is 0 Å². The van der Waals surface area contributed by atoms with Crippen molar-refractivity contribution in [2.45, 2.75) is 50.4 Å². The van der Waals surface area contributed by atoms with Crippen molar-refractivity contribution in [3.05, 3.63) is 58.0 Å². The maximum Gasteiger partial charge on any atom is 0.348 e. The van der Waals surface area contributed by atoms with Crippen molar-refractivity contribution in [3.63, 3.8) is 0 Å². The van der Waals surface area contributed by atoms with Crippen LogP contribution in [0.15, 0.2) is 40.4 Å². The fourth-order valence-electron chi connectivity index (χ4n) is 3.92. The zero-order valence-corrected chi connectivity index (χ0v) is 17.4. The average Bonchev–Trinajstić information content (AvgIpc) is 3.35. The number of likely N-dealkylation sites (N-methyl/N-ethyl adjacent to an activating group) is 1. The number of pyridine rings is 1. The van der Waals surface area contributed by atoms with Crippen molar-refractivity contribution in [1.29, 1.82) is 0 Å². The summed E-state index contributed by atoms with van der Waals surface area (Å²) >= 11 is 1.64. The van der Waals surface area contributed by atoms with E-state index >= 15 is 0 Å². The Balaban J connectivity index is 1.54. The molecular formula is C21H27N5OS. The number of nitrogens with zero attached hydrogens (tertiary/aromatic N) is 5. The normalized spacial score (nSPS) is 13.5. The molecule has 28 heavy (non-hydrogen) atoms. The molecule has 0 saturated carbocycles. The minimum Gasteiger partial charge on any atom is -0.307 e. The van der Waals surface area contributed by atoms with Crippen molar-refractivity contribution in [1.82, 2.24) is 23.8 Å². The van der Waals surface area contributed by atoms with Gasteiger partial charge in [-0.3, -0.25) is 4.57 Å². The van der Waals surface area contributed by atoms with Gasteiger partial charge >= 0.3 is 5.69 Å². The van der Waals surface area contributed by atoms with E-state index in [1.807, 2.05) is 39.6 Å². The van der Waals surface area contributed by atoms with Crippen molar-refractivity contribution in [3.8, 4) is 0 Å². The van der Waals surface area contributed by atoms with Crippen LogP contribution >= 0.6 is 11.8 Å². The molecule has 1 aliphatic rings. The zero-order chi connectivity index (χ0) is 19.5. The topological polar surface area (TPSA) is 55.4 Å². The molecule has 6 nitrogen and oxygen atoms in total. The monoisotopic (exact) mass is 397 g/mol. The lowest BCUT2D eigenvalue weighted by atomic mass is 10.2. The lowest BCUT2D eigenvalue weighted by molar-refractivity contribution is 0.286. The molecule has 0 bridgehead atoms. The highest BCUT2D eigenvalue weighted by atomic mass is 32.2. The SMILES string of the molecule is CCN(CC)CCn1c2c(c(SCc3cn4ccccc4n3)nc1=O)CCC2. The molecule has 0 saturated heterocycles. The first kappa shape index (κ1) is 19.2. The third-order valence-corrected chi connectivity index (χ3v) is 6.56. The Kier molecular flexibility index (Phi) is 5.82. The molecule has 4 rings (SSSR count). The van der Waals surface area contributed by atoms with Crippen LogP contribution in [-0.2, 0) is 25.1 Å². The first-order chi connectivity index (χ1) is 13.7. The highest BCUT2D eigenvalue weighted by molar-refractivity contribution is 7.98. The van der Waals surface area contributed by atoms with Crippen LogP contribution in [0.1, 0.15) is 37.2 Å². The molecule has 0 aliphatic heterocycles. The van der Waals surface area contributed by atoms with E-state index in [1.165, 1.54) is 11.3 Å². The number of hydrogen-bond acceptors (Lipinski definition) is 5. The van der Waals surface area contributed by atoms with Gasteiger partial charge in [0.15, 0.2) is 0 Å². The summed E-state index contributed by atoms with van der Waals surface area (Å²) in [5.41, 5.74) is 4.32. The second-order valence-electron chi connectivity index (χ2n) is 7.14. The van der Waals surface area contributed by atoms with Crippen LogP contribution in [0.4, 0.5) is 0 Å². The van der Waals surface area contributed by atoms with Crippen molar-refractivity contribution >= 4 is 17.4 Å². The van der Waals surface area contributed by atoms with E-state index in [-0.39, 0.29) is 5.69 Å². The second kappa shape index (κ2) is 8.49. The van der Waals surface area contributed by atoms with Gasteiger partial charge in [-0.15, -0.1) is 0 Å². The van der Waals surface area contributed by atoms with Crippen molar-refractivity contribution in [2.75, 3.05) is 19.6 Å². The summed E-state index contributed by atoms with van der Waals surface area (Å²) in [6.45, 7) is 7.96. The molecule has 1 aliphatic carbocycles. The molecule has 0 fully saturated rings. The Morgan fingerprint density at radius 1 is 1.18 bits per heavy atom. The molecule has 0 amide bonds. The molecule has 0 radical (unpaired) electrons. The highest BCUT2D eigenvalue weighted by Gasteiger charge is 2.22. The van der Waals surface area contributed by atoms with E-state index in [0.717, 1.165) is 67.6 Å². The molecule has 148 valence electrons. The molecule has 0 spiro atoms. The van der Waals surface area contributed by atoms with Gasteiger partial charge in [0.25, 0.3) is 0 Å². The Hall–Kier alpha value is -2.12. The number of imidazole rings is 1. The zero-order valence-electron chi connectivity index (χ0n) is 16.6. The molecule has 0 N–H and O–H groups in total. The van der Waals surface area contributed by atoms with Gasteiger partial charge in [0, 0.05) is 42.5 Å². The summed E-state index contributed by atoms with van der Waals surface area (Å²) in [6.07, 6.45) is 7.15. The highest BCUT2D eigenvalue weighted by Crippen LogP contribution is 2.30. The van der Waals surface area contributed by atoms with E-state index in [9.17, 15) is 4.79 Å². The Morgan fingerprint density at radius 3 is 2.82 bits per heavy atom. The first-order valence-electron chi connectivity index (χ1n) is 10.1. The predicted octanol–water partition coefficient (Wildman–Crippen LogP) is 3.01. The summed E-state index contributed by atoms with van der Waals surface area (Å²) in [6, 6.07) is 5.99. The van der Waals surface area contributed by atoms with Crippen LogP contribution in [0, 0.1) is 0 Å². The molecule has 3 aromatic heterocycles. The molecule has 0 atom stereocenters. The van der Waals surface area contributed by atoms with Gasteiger partial charge < -0.3 is 9.30 Å². The summed E-state index contributed by atoms with van der Waals surface area (Å²) in [7, 11) is 0. The van der Waals surface area contributed by atoms with Gasteiger partial charge in [-0.2, -0.15) is 4.98 Å². The van der Waals surface area contributed by atoms with E-state index in [0.29, 0.717) is 0 Å². The molecule has 3 aromatic rings. The standard InChI is InChI=1S/C21H27N5OS/c1-3-24(4-2)12-13-26-18-9-7-8-17(18)20(23-21(26)27)28-15-16-14-25-11-6-5-10-19(25)22-16/h5-6,10-11,14H,3-4,7-9,12-13,15H2,1-2H3. The molecule has 0 unspecified atom stereocenters. The van der Waals surface area contributed by atoms with Crippen LogP contribution in [-0.4, -0.2) is 43.5 Å². The number of hydrogen-bond donors (Lipinski definition) is 0. The number of rotatable bonds is 8. The Bertz CT molecular complexity index is 988. The number of aromatic nitrogens is 4. The quantitative estimate of drug-likeness (QED) is 0.432. The van der Waals surface area contributed by atoms with E-state index in [1.54, 1.807) is 11.8 Å². The van der Waals surface area contributed by atoms with Gasteiger partial charge in [-0.25, -0.2) is 9.78 Å². The van der Waals surface area contributed by atoms with Gasteiger partial charge in [0.2, 0.25) is 0 Å². The van der Waals surface area contributed by atoms with Crippen molar-refractivity contribution in [2.24, 2.45) is 0 Å². The van der Waals surface area contributed by atoms with Crippen LogP contribution < -0.4 is 5.69 Å². The maximum atomic E-state index is 12.7. The second-order valence-corrected chi connectivity index (χ2v) is 8.11. The van der Waals surface area contributed by atoms with Crippen LogP contribution in [0.3, 0.4) is 0 Å². The molecule has 7 heteroatoms. The number of thioether (sulfide) groups is 1. The summed E-state index contributed by atoms with van der Waals surface area (Å²) in [4.78, 5) is 24.2. The lowest BCUT2D eigenvalue weighted by Gasteiger charge is -2.20. The fraction of sp³-hybridized carbons (Fsp3) is 0.476. The minimum atomic E-state index is -0.106. The third-order valence-electron chi connectivity index (χ3n) is 5.51. The van der Waals surface area contributed by atoms with E-state index < -0.39 is 0 Å². The maximum absolute atomic E-state index is 12.7. The molecule has 3 heterocycles. The van der Waals surface area contributed by atoms with Crippen molar-refractivity contribution < 1.29 is 0 Å². The smallest absolute Gasteiger partial charge is 0.307 e. The third kappa shape index (κ3) is 3.86. The minimum absolute atomic E-state index is 0.106. The summed E-state index contributed by atoms with van der Waals surface area (Å²) in [5.74, 6) is 0.726. The Labute approximate surface area is 169 Å². The van der Waals surface area contributed by atoms with Crippen LogP contribution in [0.25, 0.3) is 5.65 Å². The van der Waals surface area contributed by atoms with Gasteiger partial charge in [0.1, 0.15) is 10.7 Å². The largest absolute Gasteiger partial charge is 0.348 e. The molecular weight excluding hydrogens is 370 g/mol. The van der Waals surface area contributed by atoms with E-state index in [2.05, 4.69) is 28.7 Å². The Morgan fingerprint density at radius 2 is 2.04 bits per heavy atom. The number of fused-ring (bicyclic) bond motifs is 2. The van der Waals surface area contributed by atoms with Crippen LogP contribution in [0.2, 0.25) is 0 Å². The fourth-order valence-corrected chi connectivity index (χ4v) is 4.88. The predicted molar refractivity (Wildman–Crippen MR) is 113 cm³/mol. The van der Waals surface area contributed by atoms with Gasteiger partial charge in [-0.05, 0) is 44.5 Å². The lowest BCUT2D eigenvalue weighted by Crippen LogP contribution is -2.33. The summed E-state index contributed by atoms with van der Waals surface area (Å²) in [5, 5.41) is 0.897. The summed E-state index contributed by atoms with van der Waals surface area (Å²) < 4.78 is 3.94. The average molecular weight is 398 g/mol. The van der Waals surface area contributed by atoms with Gasteiger partial charge in [0.05, 0.1) is 5.69 Å².